The predicted molar refractivity (Wildman–Crippen MR) is 105 cm³/mol. The summed E-state index contributed by atoms with van der Waals surface area (Å²) in [5.41, 5.74) is 0.763. The summed E-state index contributed by atoms with van der Waals surface area (Å²) in [4.78, 5) is 32.2. The Labute approximate surface area is 153 Å². The molecule has 5 rings (SSSR count). The molecule has 0 saturated heterocycles. The fourth-order valence-corrected chi connectivity index (χ4v) is 4.56. The number of fused-ring (bicyclic) bond motifs is 2. The molecule has 26 heavy (non-hydrogen) atoms. The van der Waals surface area contributed by atoms with Gasteiger partial charge in [-0.1, -0.05) is 24.6 Å². The molecule has 0 atom stereocenters. The first-order chi connectivity index (χ1) is 12.7. The summed E-state index contributed by atoms with van der Waals surface area (Å²) < 4.78 is 3.53. The number of pyridine rings is 1. The van der Waals surface area contributed by atoms with Crippen LogP contribution < -0.4 is 11.0 Å². The highest BCUT2D eigenvalue weighted by molar-refractivity contribution is 7.16. The summed E-state index contributed by atoms with van der Waals surface area (Å²) in [7, 11) is 1.88. The van der Waals surface area contributed by atoms with Gasteiger partial charge in [0.2, 0.25) is 5.43 Å². The van der Waals surface area contributed by atoms with Gasteiger partial charge < -0.3 is 4.57 Å². The number of rotatable bonds is 2. The third kappa shape index (κ3) is 2.05. The van der Waals surface area contributed by atoms with Gasteiger partial charge in [0.1, 0.15) is 16.0 Å². The molecule has 3 aromatic heterocycles. The Hall–Kier alpha value is -2.73. The Bertz CT molecular complexity index is 1260. The van der Waals surface area contributed by atoms with Crippen LogP contribution in [0.3, 0.4) is 0 Å². The maximum Gasteiger partial charge on any atom is 0.271 e. The Morgan fingerprint density at radius 3 is 2.58 bits per heavy atom. The van der Waals surface area contributed by atoms with Gasteiger partial charge in [0.15, 0.2) is 5.65 Å². The Morgan fingerprint density at radius 1 is 1.12 bits per heavy atom. The molecule has 4 aromatic rings. The monoisotopic (exact) mass is 363 g/mol. The Balaban J connectivity index is 1.98. The first kappa shape index (κ1) is 15.5. The van der Waals surface area contributed by atoms with Crippen molar-refractivity contribution in [2.45, 2.75) is 25.2 Å². The maximum atomic E-state index is 13.4. The number of benzene rings is 1. The highest BCUT2D eigenvalue weighted by Gasteiger charge is 2.28. The predicted octanol–water partition coefficient (Wildman–Crippen LogP) is 3.57. The van der Waals surface area contributed by atoms with Gasteiger partial charge in [0.05, 0.1) is 11.1 Å². The Kier molecular flexibility index (Phi) is 3.37. The van der Waals surface area contributed by atoms with Crippen LogP contribution in [0.2, 0.25) is 0 Å². The number of aromatic nitrogens is 3. The molecule has 1 aliphatic carbocycles. The van der Waals surface area contributed by atoms with Crippen LogP contribution in [0, 0.1) is 0 Å². The quantitative estimate of drug-likeness (QED) is 0.547. The van der Waals surface area contributed by atoms with E-state index >= 15 is 0 Å². The third-order valence-electron chi connectivity index (χ3n) is 5.31. The van der Waals surface area contributed by atoms with Gasteiger partial charge >= 0.3 is 0 Å². The number of thiophene rings is 1. The molecule has 5 nitrogen and oxygen atoms in total. The zero-order valence-electron chi connectivity index (χ0n) is 14.3. The van der Waals surface area contributed by atoms with Crippen LogP contribution in [0.1, 0.15) is 31.0 Å². The van der Waals surface area contributed by atoms with Crippen molar-refractivity contribution in [2.24, 2.45) is 7.05 Å². The van der Waals surface area contributed by atoms with Crippen molar-refractivity contribution in [2.75, 3.05) is 0 Å². The molecule has 1 saturated carbocycles. The van der Waals surface area contributed by atoms with Gasteiger partial charge in [-0.25, -0.2) is 4.98 Å². The molecule has 1 fully saturated rings. The molecule has 0 unspecified atom stereocenters. The Morgan fingerprint density at radius 2 is 1.88 bits per heavy atom. The molecule has 1 aromatic carbocycles. The molecule has 0 N–H and O–H groups in total. The van der Waals surface area contributed by atoms with Crippen molar-refractivity contribution in [3.8, 4) is 5.69 Å². The fraction of sp³-hybridized carbons (Fsp3) is 0.250. The van der Waals surface area contributed by atoms with Gasteiger partial charge in [-0.3, -0.25) is 14.2 Å². The molecule has 6 heteroatoms. The summed E-state index contributed by atoms with van der Waals surface area (Å²) in [6.07, 6.45) is 3.20. The lowest BCUT2D eigenvalue weighted by atomic mass is 9.84. The van der Waals surface area contributed by atoms with E-state index in [1.807, 2.05) is 47.3 Å². The standard InChI is InChI=1S/C20H17N3O2S/c1-22-18-15(16(24)14-10-11-26-20(14)22)19(25)23(13-8-3-2-4-9-13)17(21-18)12-6-5-7-12/h2-4,8-12H,5-7H2,1H3. The second-order valence-electron chi connectivity index (χ2n) is 6.80. The average Bonchev–Trinajstić information content (AvgIpc) is 3.09. The van der Waals surface area contributed by atoms with Crippen molar-refractivity contribution in [1.82, 2.24) is 14.1 Å². The van der Waals surface area contributed by atoms with Crippen LogP contribution in [0.15, 0.2) is 51.4 Å². The van der Waals surface area contributed by atoms with Crippen molar-refractivity contribution >= 4 is 32.6 Å². The van der Waals surface area contributed by atoms with E-state index in [4.69, 9.17) is 4.98 Å². The summed E-state index contributed by atoms with van der Waals surface area (Å²) in [6, 6.07) is 11.3. The van der Waals surface area contributed by atoms with E-state index in [9.17, 15) is 9.59 Å². The zero-order chi connectivity index (χ0) is 17.8. The SMILES string of the molecule is Cn1c2nc(C3CCC3)n(-c3ccccc3)c(=O)c2c(=O)c2ccsc21. The van der Waals surface area contributed by atoms with Gasteiger partial charge in [0.25, 0.3) is 5.56 Å². The average molecular weight is 363 g/mol. The van der Waals surface area contributed by atoms with Gasteiger partial charge in [-0.2, -0.15) is 0 Å². The van der Waals surface area contributed by atoms with Crippen LogP contribution in [0.5, 0.6) is 0 Å². The van der Waals surface area contributed by atoms with Crippen molar-refractivity contribution < 1.29 is 0 Å². The zero-order valence-corrected chi connectivity index (χ0v) is 15.1. The largest absolute Gasteiger partial charge is 0.320 e. The summed E-state index contributed by atoms with van der Waals surface area (Å²) in [5, 5.41) is 2.64. The number of aryl methyl sites for hydroxylation is 1. The number of nitrogens with zero attached hydrogens (tertiary/aromatic N) is 3. The minimum Gasteiger partial charge on any atom is -0.320 e. The first-order valence-electron chi connectivity index (χ1n) is 8.75. The maximum absolute atomic E-state index is 13.4. The van der Waals surface area contributed by atoms with E-state index in [-0.39, 0.29) is 22.3 Å². The van der Waals surface area contributed by atoms with Crippen LogP contribution in [0.4, 0.5) is 0 Å². The summed E-state index contributed by atoms with van der Waals surface area (Å²) in [6.45, 7) is 0. The normalized spacial score (nSPS) is 14.8. The van der Waals surface area contributed by atoms with Crippen molar-refractivity contribution in [1.29, 1.82) is 0 Å². The summed E-state index contributed by atoms with van der Waals surface area (Å²) >= 11 is 1.50. The third-order valence-corrected chi connectivity index (χ3v) is 6.30. The first-order valence-corrected chi connectivity index (χ1v) is 9.63. The fourth-order valence-electron chi connectivity index (χ4n) is 3.70. The number of hydrogen-bond donors (Lipinski definition) is 0. The molecular formula is C20H17N3O2S. The lowest BCUT2D eigenvalue weighted by Crippen LogP contribution is -2.31. The summed E-state index contributed by atoms with van der Waals surface area (Å²) in [5.74, 6) is 1.03. The van der Waals surface area contributed by atoms with Crippen molar-refractivity contribution in [3.05, 3.63) is 68.2 Å². The van der Waals surface area contributed by atoms with Crippen LogP contribution in [0.25, 0.3) is 26.9 Å². The lowest BCUT2D eigenvalue weighted by Gasteiger charge is -2.27. The molecule has 130 valence electrons. The topological polar surface area (TPSA) is 56.9 Å². The van der Waals surface area contributed by atoms with E-state index < -0.39 is 0 Å². The van der Waals surface area contributed by atoms with E-state index in [0.29, 0.717) is 11.0 Å². The lowest BCUT2D eigenvalue weighted by molar-refractivity contribution is 0.394. The highest BCUT2D eigenvalue weighted by atomic mass is 32.1. The van der Waals surface area contributed by atoms with Crippen LogP contribution in [-0.2, 0) is 7.05 Å². The minimum absolute atomic E-state index is 0.172. The van der Waals surface area contributed by atoms with Crippen molar-refractivity contribution in [3.63, 3.8) is 0 Å². The van der Waals surface area contributed by atoms with Crippen LogP contribution in [-0.4, -0.2) is 14.1 Å². The van der Waals surface area contributed by atoms with E-state index in [1.54, 1.807) is 10.6 Å². The van der Waals surface area contributed by atoms with E-state index in [2.05, 4.69) is 0 Å². The number of hydrogen-bond acceptors (Lipinski definition) is 4. The molecule has 3 heterocycles. The molecule has 0 aliphatic heterocycles. The molecule has 0 amide bonds. The number of para-hydroxylation sites is 1. The second-order valence-corrected chi connectivity index (χ2v) is 7.69. The van der Waals surface area contributed by atoms with Gasteiger partial charge in [-0.05, 0) is 36.4 Å². The van der Waals surface area contributed by atoms with E-state index in [0.717, 1.165) is 35.6 Å². The van der Waals surface area contributed by atoms with Gasteiger partial charge in [0, 0.05) is 13.0 Å². The minimum atomic E-state index is -0.267. The smallest absolute Gasteiger partial charge is 0.271 e. The van der Waals surface area contributed by atoms with Crippen LogP contribution >= 0.6 is 11.3 Å². The van der Waals surface area contributed by atoms with E-state index in [1.165, 1.54) is 11.3 Å². The molecule has 0 spiro atoms. The second kappa shape index (κ2) is 5.64. The highest BCUT2D eigenvalue weighted by Crippen LogP contribution is 2.36. The molecule has 0 radical (unpaired) electrons. The molecule has 0 bridgehead atoms. The van der Waals surface area contributed by atoms with Gasteiger partial charge in [-0.15, -0.1) is 11.3 Å². The molecular weight excluding hydrogens is 346 g/mol. The molecule has 1 aliphatic rings.